The van der Waals surface area contributed by atoms with Gasteiger partial charge in [0, 0.05) is 24.3 Å². The van der Waals surface area contributed by atoms with Crippen LogP contribution >= 0.6 is 0 Å². The Morgan fingerprint density at radius 3 is 2.48 bits per heavy atom. The van der Waals surface area contributed by atoms with Crippen molar-refractivity contribution in [3.05, 3.63) is 77.6 Å². The fourth-order valence-electron chi connectivity index (χ4n) is 3.19. The summed E-state index contributed by atoms with van der Waals surface area (Å²) in [6.07, 6.45) is 0. The van der Waals surface area contributed by atoms with Gasteiger partial charge in [0.1, 0.15) is 5.82 Å². The maximum Gasteiger partial charge on any atom is 0.251 e. The zero-order valence-electron chi connectivity index (χ0n) is 16.4. The number of carbonyl (C=O) groups excluding carboxylic acids is 1. The van der Waals surface area contributed by atoms with Crippen LogP contribution in [0.15, 0.2) is 60.7 Å². The molecule has 0 radical (unpaired) electrons. The van der Waals surface area contributed by atoms with Crippen LogP contribution in [-0.4, -0.2) is 39.0 Å². The number of benzene rings is 2. The molecule has 0 bridgehead atoms. The van der Waals surface area contributed by atoms with Gasteiger partial charge >= 0.3 is 0 Å². The highest BCUT2D eigenvalue weighted by atomic mass is 16.1. The number of hydrogen-bond acceptors (Lipinski definition) is 5. The van der Waals surface area contributed by atoms with Crippen molar-refractivity contribution in [2.45, 2.75) is 13.8 Å². The molecule has 7 heteroatoms. The molecule has 0 saturated heterocycles. The van der Waals surface area contributed by atoms with Gasteiger partial charge in [0.25, 0.3) is 5.91 Å². The Balaban J connectivity index is 1.29. The third-order valence-electron chi connectivity index (χ3n) is 4.61. The van der Waals surface area contributed by atoms with Crippen molar-refractivity contribution in [2.75, 3.05) is 18.4 Å². The molecule has 146 valence electrons. The van der Waals surface area contributed by atoms with Gasteiger partial charge in [-0.3, -0.25) is 4.79 Å². The maximum atomic E-state index is 12.4. The van der Waals surface area contributed by atoms with E-state index in [9.17, 15) is 4.79 Å². The number of nitrogens with zero attached hydrogens (tertiary/aromatic N) is 4. The summed E-state index contributed by atoms with van der Waals surface area (Å²) in [5.74, 6) is 1.23. The Bertz CT molecular complexity index is 1150. The number of hydrogen-bond donors (Lipinski definition) is 2. The molecule has 7 nitrogen and oxygen atoms in total. The highest BCUT2D eigenvalue weighted by Crippen LogP contribution is 2.15. The Morgan fingerprint density at radius 2 is 1.76 bits per heavy atom. The number of aryl methyl sites for hydroxylation is 2. The van der Waals surface area contributed by atoms with Crippen LogP contribution in [0.3, 0.4) is 0 Å². The molecule has 2 aromatic carbocycles. The van der Waals surface area contributed by atoms with Gasteiger partial charge in [-0.1, -0.05) is 30.3 Å². The first-order valence-electron chi connectivity index (χ1n) is 9.48. The van der Waals surface area contributed by atoms with Crippen LogP contribution in [0.2, 0.25) is 0 Å². The van der Waals surface area contributed by atoms with Crippen LogP contribution in [0, 0.1) is 13.8 Å². The number of nitrogens with one attached hydrogen (secondary N) is 2. The normalized spacial score (nSPS) is 10.8. The van der Waals surface area contributed by atoms with Crippen molar-refractivity contribution in [3.8, 4) is 5.82 Å². The first-order valence-corrected chi connectivity index (χ1v) is 9.48. The monoisotopic (exact) mass is 386 g/mol. The Hall–Kier alpha value is -3.74. The molecule has 0 atom stereocenters. The Morgan fingerprint density at radius 1 is 0.931 bits per heavy atom. The van der Waals surface area contributed by atoms with Gasteiger partial charge in [-0.25, -0.2) is 4.68 Å². The minimum atomic E-state index is -0.0940. The molecule has 0 aliphatic carbocycles. The molecule has 2 heterocycles. The summed E-state index contributed by atoms with van der Waals surface area (Å²) in [4.78, 5) is 12.4. The van der Waals surface area contributed by atoms with Crippen molar-refractivity contribution in [3.63, 3.8) is 0 Å². The minimum Gasteiger partial charge on any atom is -0.367 e. The standard InChI is InChI=1S/C22H22N6O/c1-15-13-16(2)28(27-15)21-10-9-20(25-26-21)23-11-12-24-22(29)19-8-7-17-5-3-4-6-18(17)14-19/h3-10,13-14H,11-12H2,1-2H3,(H,23,25)(H,24,29). The molecular weight excluding hydrogens is 364 g/mol. The molecule has 29 heavy (non-hydrogen) atoms. The molecule has 2 N–H and O–H groups in total. The van der Waals surface area contributed by atoms with Crippen molar-refractivity contribution < 1.29 is 4.79 Å². The van der Waals surface area contributed by atoms with Crippen LogP contribution in [0.4, 0.5) is 5.82 Å². The molecular formula is C22H22N6O. The van der Waals surface area contributed by atoms with E-state index >= 15 is 0 Å². The highest BCUT2D eigenvalue weighted by Gasteiger charge is 2.07. The lowest BCUT2D eigenvalue weighted by molar-refractivity contribution is 0.0955. The fraction of sp³-hybridized carbons (Fsp3) is 0.182. The van der Waals surface area contributed by atoms with Gasteiger partial charge in [0.05, 0.1) is 5.69 Å². The molecule has 0 fully saturated rings. The summed E-state index contributed by atoms with van der Waals surface area (Å²) in [5.41, 5.74) is 2.60. The van der Waals surface area contributed by atoms with Gasteiger partial charge in [-0.15, -0.1) is 10.2 Å². The summed E-state index contributed by atoms with van der Waals surface area (Å²) in [6, 6.07) is 19.4. The Kier molecular flexibility index (Phi) is 5.20. The quantitative estimate of drug-likeness (QED) is 0.497. The number of aromatic nitrogens is 4. The third kappa shape index (κ3) is 4.24. The van der Waals surface area contributed by atoms with E-state index in [1.807, 2.05) is 74.5 Å². The van der Waals surface area contributed by atoms with Crippen molar-refractivity contribution >= 4 is 22.5 Å². The predicted octanol–water partition coefficient (Wildman–Crippen LogP) is 3.27. The van der Waals surface area contributed by atoms with Gasteiger partial charge in [-0.2, -0.15) is 5.10 Å². The Labute approximate surface area is 168 Å². The van der Waals surface area contributed by atoms with E-state index < -0.39 is 0 Å². The number of anilines is 1. The lowest BCUT2D eigenvalue weighted by Gasteiger charge is -2.08. The summed E-state index contributed by atoms with van der Waals surface area (Å²) in [7, 11) is 0. The van der Waals surface area contributed by atoms with Gasteiger partial charge in [-0.05, 0) is 55.0 Å². The van der Waals surface area contributed by atoms with Crippen LogP contribution in [0.1, 0.15) is 21.7 Å². The van der Waals surface area contributed by atoms with E-state index in [0.29, 0.717) is 30.3 Å². The van der Waals surface area contributed by atoms with E-state index in [0.717, 1.165) is 22.2 Å². The van der Waals surface area contributed by atoms with Crippen molar-refractivity contribution in [1.29, 1.82) is 0 Å². The molecule has 1 amide bonds. The number of rotatable bonds is 6. The molecule has 0 aliphatic rings. The minimum absolute atomic E-state index is 0.0940. The smallest absolute Gasteiger partial charge is 0.251 e. The third-order valence-corrected chi connectivity index (χ3v) is 4.61. The van der Waals surface area contributed by atoms with Crippen molar-refractivity contribution in [2.24, 2.45) is 0 Å². The number of amides is 1. The predicted molar refractivity (Wildman–Crippen MR) is 113 cm³/mol. The lowest BCUT2D eigenvalue weighted by Crippen LogP contribution is -2.28. The van der Waals surface area contributed by atoms with Crippen LogP contribution in [0.5, 0.6) is 0 Å². The fourth-order valence-corrected chi connectivity index (χ4v) is 3.19. The first-order chi connectivity index (χ1) is 14.1. The summed E-state index contributed by atoms with van der Waals surface area (Å²) in [5, 5.41) is 21.0. The van der Waals surface area contributed by atoms with Gasteiger partial charge in [0.2, 0.25) is 0 Å². The summed E-state index contributed by atoms with van der Waals surface area (Å²) >= 11 is 0. The van der Waals surface area contributed by atoms with Gasteiger partial charge in [0.15, 0.2) is 5.82 Å². The molecule has 4 rings (SSSR count). The number of fused-ring (bicyclic) bond motifs is 1. The van der Waals surface area contributed by atoms with E-state index in [1.165, 1.54) is 0 Å². The van der Waals surface area contributed by atoms with Gasteiger partial charge < -0.3 is 10.6 Å². The second-order valence-corrected chi connectivity index (χ2v) is 6.86. The van der Waals surface area contributed by atoms with E-state index in [2.05, 4.69) is 25.9 Å². The van der Waals surface area contributed by atoms with E-state index in [4.69, 9.17) is 0 Å². The van der Waals surface area contributed by atoms with Crippen LogP contribution in [-0.2, 0) is 0 Å². The SMILES string of the molecule is Cc1cc(C)n(-c2ccc(NCCNC(=O)c3ccc4ccccc4c3)nn2)n1. The zero-order valence-corrected chi connectivity index (χ0v) is 16.4. The molecule has 4 aromatic rings. The second kappa shape index (κ2) is 8.10. The molecule has 0 spiro atoms. The molecule has 2 aromatic heterocycles. The van der Waals surface area contributed by atoms with E-state index in [-0.39, 0.29) is 5.91 Å². The van der Waals surface area contributed by atoms with Crippen LogP contribution in [0.25, 0.3) is 16.6 Å². The maximum absolute atomic E-state index is 12.4. The zero-order chi connectivity index (χ0) is 20.2. The summed E-state index contributed by atoms with van der Waals surface area (Å²) in [6.45, 7) is 4.95. The second-order valence-electron chi connectivity index (χ2n) is 6.86. The van der Waals surface area contributed by atoms with Crippen LogP contribution < -0.4 is 10.6 Å². The highest BCUT2D eigenvalue weighted by molar-refractivity contribution is 5.98. The average molecular weight is 386 g/mol. The molecule has 0 aliphatic heterocycles. The summed E-state index contributed by atoms with van der Waals surface area (Å²) < 4.78 is 1.76. The number of carbonyl (C=O) groups is 1. The largest absolute Gasteiger partial charge is 0.367 e. The first kappa shape index (κ1) is 18.6. The topological polar surface area (TPSA) is 84.7 Å². The lowest BCUT2D eigenvalue weighted by atomic mass is 10.1. The van der Waals surface area contributed by atoms with E-state index in [1.54, 1.807) is 4.68 Å². The average Bonchev–Trinajstić information content (AvgIpc) is 3.09. The molecule has 0 unspecified atom stereocenters. The van der Waals surface area contributed by atoms with Crippen molar-refractivity contribution in [1.82, 2.24) is 25.3 Å². The molecule has 0 saturated carbocycles.